The van der Waals surface area contributed by atoms with Gasteiger partial charge >= 0.3 is 0 Å². The molecule has 3 aromatic rings. The van der Waals surface area contributed by atoms with Crippen LogP contribution in [0.25, 0.3) is 22.0 Å². The molecule has 0 atom stereocenters. The second-order valence-electron chi connectivity index (χ2n) is 4.08. The zero-order chi connectivity index (χ0) is 13.4. The Balaban J connectivity index is 2.42. The Morgan fingerprint density at radius 3 is 2.26 bits per heavy atom. The molecular formula is C14H8F2N2O. The Hall–Kier alpha value is -2.56. The third-order valence-electron chi connectivity index (χ3n) is 2.88. The highest BCUT2D eigenvalue weighted by molar-refractivity contribution is 5.93. The topological polar surface area (TPSA) is 45.8 Å². The SMILES string of the molecule is O=c1[nH]nc(-c2ccccc2)c2cc(F)c(F)cc12. The number of halogens is 2. The molecular weight excluding hydrogens is 250 g/mol. The highest BCUT2D eigenvalue weighted by Crippen LogP contribution is 2.25. The average Bonchev–Trinajstić information content (AvgIpc) is 2.42. The molecule has 5 heteroatoms. The number of nitrogens with one attached hydrogen (secondary N) is 1. The van der Waals surface area contributed by atoms with Crippen molar-refractivity contribution in [1.82, 2.24) is 10.2 Å². The van der Waals surface area contributed by atoms with Crippen molar-refractivity contribution < 1.29 is 8.78 Å². The molecule has 0 aliphatic heterocycles. The Bertz CT molecular complexity index is 813. The van der Waals surface area contributed by atoms with Gasteiger partial charge in [0.15, 0.2) is 11.6 Å². The number of benzene rings is 2. The minimum atomic E-state index is -1.05. The largest absolute Gasteiger partial charge is 0.272 e. The van der Waals surface area contributed by atoms with Gasteiger partial charge in [-0.25, -0.2) is 13.9 Å². The third-order valence-corrected chi connectivity index (χ3v) is 2.88. The summed E-state index contributed by atoms with van der Waals surface area (Å²) in [5.41, 5.74) is 0.581. The lowest BCUT2D eigenvalue weighted by Gasteiger charge is -2.05. The average molecular weight is 258 g/mol. The number of hydrogen-bond acceptors (Lipinski definition) is 2. The van der Waals surface area contributed by atoms with E-state index in [1.165, 1.54) is 0 Å². The van der Waals surface area contributed by atoms with Gasteiger partial charge in [0.05, 0.1) is 11.1 Å². The van der Waals surface area contributed by atoms with Crippen LogP contribution in [-0.4, -0.2) is 10.2 Å². The number of nitrogens with zero attached hydrogens (tertiary/aromatic N) is 1. The molecule has 19 heavy (non-hydrogen) atoms. The summed E-state index contributed by atoms with van der Waals surface area (Å²) in [6, 6.07) is 10.9. The van der Waals surface area contributed by atoms with Crippen LogP contribution in [0.4, 0.5) is 8.78 Å². The maximum absolute atomic E-state index is 13.4. The molecule has 1 heterocycles. The molecule has 0 fully saturated rings. The fourth-order valence-corrected chi connectivity index (χ4v) is 1.97. The summed E-state index contributed by atoms with van der Waals surface area (Å²) in [6.07, 6.45) is 0. The molecule has 3 nitrogen and oxygen atoms in total. The van der Waals surface area contributed by atoms with Crippen molar-refractivity contribution in [2.24, 2.45) is 0 Å². The van der Waals surface area contributed by atoms with Gasteiger partial charge in [-0.2, -0.15) is 5.10 Å². The molecule has 0 unspecified atom stereocenters. The van der Waals surface area contributed by atoms with E-state index in [4.69, 9.17) is 0 Å². The van der Waals surface area contributed by atoms with E-state index in [1.807, 2.05) is 6.07 Å². The molecule has 0 saturated heterocycles. The van der Waals surface area contributed by atoms with Gasteiger partial charge in [-0.3, -0.25) is 4.79 Å². The second kappa shape index (κ2) is 4.28. The zero-order valence-corrected chi connectivity index (χ0v) is 9.65. The molecule has 0 spiro atoms. The first kappa shape index (κ1) is 11.5. The number of hydrogen-bond donors (Lipinski definition) is 1. The maximum Gasteiger partial charge on any atom is 0.272 e. The van der Waals surface area contributed by atoms with Gasteiger partial charge in [-0.1, -0.05) is 30.3 Å². The highest BCUT2D eigenvalue weighted by atomic mass is 19.2. The summed E-state index contributed by atoms with van der Waals surface area (Å²) in [5.74, 6) is -2.06. The van der Waals surface area contributed by atoms with Gasteiger partial charge in [0, 0.05) is 10.9 Å². The van der Waals surface area contributed by atoms with Crippen LogP contribution < -0.4 is 5.56 Å². The monoisotopic (exact) mass is 258 g/mol. The van der Waals surface area contributed by atoms with Crippen molar-refractivity contribution in [2.75, 3.05) is 0 Å². The molecule has 0 aliphatic carbocycles. The number of fused-ring (bicyclic) bond motifs is 1. The van der Waals surface area contributed by atoms with Crippen LogP contribution in [0.3, 0.4) is 0 Å². The summed E-state index contributed by atoms with van der Waals surface area (Å²) < 4.78 is 26.6. The van der Waals surface area contributed by atoms with Crippen LogP contribution in [0.5, 0.6) is 0 Å². The fourth-order valence-electron chi connectivity index (χ4n) is 1.97. The van der Waals surface area contributed by atoms with E-state index in [9.17, 15) is 13.6 Å². The number of aromatic nitrogens is 2. The maximum atomic E-state index is 13.4. The smallest absolute Gasteiger partial charge is 0.267 e. The van der Waals surface area contributed by atoms with Gasteiger partial charge in [0.2, 0.25) is 0 Å². The minimum absolute atomic E-state index is 0.0766. The number of rotatable bonds is 1. The Kier molecular flexibility index (Phi) is 2.59. The second-order valence-corrected chi connectivity index (χ2v) is 4.08. The lowest BCUT2D eigenvalue weighted by atomic mass is 10.0. The van der Waals surface area contributed by atoms with E-state index in [0.29, 0.717) is 5.69 Å². The van der Waals surface area contributed by atoms with Crippen LogP contribution in [0.1, 0.15) is 0 Å². The third kappa shape index (κ3) is 1.89. The van der Waals surface area contributed by atoms with E-state index >= 15 is 0 Å². The fraction of sp³-hybridized carbons (Fsp3) is 0. The van der Waals surface area contributed by atoms with Crippen LogP contribution in [-0.2, 0) is 0 Å². The summed E-state index contributed by atoms with van der Waals surface area (Å²) in [4.78, 5) is 11.6. The molecule has 1 aromatic heterocycles. The quantitative estimate of drug-likeness (QED) is 0.729. The van der Waals surface area contributed by atoms with Crippen molar-refractivity contribution in [1.29, 1.82) is 0 Å². The molecule has 0 radical (unpaired) electrons. The Labute approximate surface area is 106 Å². The van der Waals surface area contributed by atoms with Crippen LogP contribution in [0, 0.1) is 11.6 Å². The van der Waals surface area contributed by atoms with Crippen LogP contribution in [0.15, 0.2) is 47.3 Å². The Morgan fingerprint density at radius 2 is 1.58 bits per heavy atom. The minimum Gasteiger partial charge on any atom is -0.267 e. The predicted molar refractivity (Wildman–Crippen MR) is 67.7 cm³/mol. The zero-order valence-electron chi connectivity index (χ0n) is 9.65. The van der Waals surface area contributed by atoms with Crippen LogP contribution in [0.2, 0.25) is 0 Å². The molecule has 0 amide bonds. The summed E-state index contributed by atoms with van der Waals surface area (Å²) in [6.45, 7) is 0. The predicted octanol–water partition coefficient (Wildman–Crippen LogP) is 2.87. The first-order chi connectivity index (χ1) is 9.16. The summed E-state index contributed by atoms with van der Waals surface area (Å²) in [7, 11) is 0. The van der Waals surface area contributed by atoms with Gasteiger partial charge < -0.3 is 0 Å². The van der Waals surface area contributed by atoms with E-state index in [-0.39, 0.29) is 10.8 Å². The van der Waals surface area contributed by atoms with Crippen molar-refractivity contribution in [3.63, 3.8) is 0 Å². The molecule has 1 N–H and O–H groups in total. The van der Waals surface area contributed by atoms with Gasteiger partial charge in [0.25, 0.3) is 5.56 Å². The van der Waals surface area contributed by atoms with Gasteiger partial charge in [-0.15, -0.1) is 0 Å². The molecule has 94 valence electrons. The van der Waals surface area contributed by atoms with E-state index in [1.54, 1.807) is 24.3 Å². The van der Waals surface area contributed by atoms with Crippen LogP contribution >= 0.6 is 0 Å². The molecule has 0 saturated carbocycles. The first-order valence-corrected chi connectivity index (χ1v) is 5.59. The van der Waals surface area contributed by atoms with E-state index < -0.39 is 17.2 Å². The summed E-state index contributed by atoms with van der Waals surface area (Å²) >= 11 is 0. The standard InChI is InChI=1S/C14H8F2N2O/c15-11-6-9-10(7-12(11)16)14(19)18-17-13(9)8-4-2-1-3-5-8/h1-7H,(H,18,19). The number of H-pyrrole nitrogens is 1. The summed E-state index contributed by atoms with van der Waals surface area (Å²) in [5, 5.41) is 6.58. The first-order valence-electron chi connectivity index (χ1n) is 5.59. The molecule has 2 aromatic carbocycles. The Morgan fingerprint density at radius 1 is 0.947 bits per heavy atom. The molecule has 3 rings (SSSR count). The molecule has 0 aliphatic rings. The van der Waals surface area contributed by atoms with E-state index in [0.717, 1.165) is 17.7 Å². The molecule has 0 bridgehead atoms. The van der Waals surface area contributed by atoms with Crippen molar-refractivity contribution in [2.45, 2.75) is 0 Å². The van der Waals surface area contributed by atoms with Gasteiger partial charge in [0.1, 0.15) is 0 Å². The van der Waals surface area contributed by atoms with E-state index in [2.05, 4.69) is 10.2 Å². The normalized spacial score (nSPS) is 10.8. The van der Waals surface area contributed by atoms with Gasteiger partial charge in [-0.05, 0) is 12.1 Å². The highest BCUT2D eigenvalue weighted by Gasteiger charge is 2.12. The van der Waals surface area contributed by atoms with Crippen molar-refractivity contribution in [3.05, 3.63) is 64.5 Å². The van der Waals surface area contributed by atoms with Crippen molar-refractivity contribution in [3.8, 4) is 11.3 Å². The lowest BCUT2D eigenvalue weighted by Crippen LogP contribution is -2.10. The lowest BCUT2D eigenvalue weighted by molar-refractivity contribution is 0.511. The van der Waals surface area contributed by atoms with Crippen molar-refractivity contribution >= 4 is 10.8 Å². The number of aromatic amines is 1.